The molecule has 1 aromatic heterocycles. The highest BCUT2D eigenvalue weighted by molar-refractivity contribution is 5.44. The van der Waals surface area contributed by atoms with Crippen molar-refractivity contribution in [1.82, 2.24) is 15.3 Å². The number of nitrogen functional groups attached to an aromatic ring is 1. The van der Waals surface area contributed by atoms with Crippen molar-refractivity contribution in [3.05, 3.63) is 16.7 Å². The van der Waals surface area contributed by atoms with Crippen LogP contribution < -0.4 is 21.3 Å². The number of ether oxygens (including phenoxy) is 1. The van der Waals surface area contributed by atoms with Crippen molar-refractivity contribution < 1.29 is 4.74 Å². The zero-order chi connectivity index (χ0) is 10.7. The maximum Gasteiger partial charge on any atom is 0.277 e. The summed E-state index contributed by atoms with van der Waals surface area (Å²) in [4.78, 5) is 17.5. The first-order chi connectivity index (χ1) is 7.27. The molecule has 0 aliphatic carbocycles. The second kappa shape index (κ2) is 4.31. The van der Waals surface area contributed by atoms with Crippen LogP contribution in [0.3, 0.4) is 0 Å². The molecule has 82 valence electrons. The Bertz CT molecular complexity index is 384. The normalized spacial score (nSPS) is 21.2. The van der Waals surface area contributed by atoms with Crippen LogP contribution in [0.1, 0.15) is 12.8 Å². The molecule has 15 heavy (non-hydrogen) atoms. The molecular formula is C9H14N4O2. The molecule has 6 heteroatoms. The number of nitrogens with one attached hydrogen (secondary N) is 2. The number of anilines is 1. The molecule has 0 spiro atoms. The lowest BCUT2D eigenvalue weighted by Crippen LogP contribution is -2.37. The quantitative estimate of drug-likeness (QED) is 0.611. The zero-order valence-corrected chi connectivity index (χ0v) is 8.32. The highest BCUT2D eigenvalue weighted by Gasteiger charge is 2.16. The Hall–Kier alpha value is -1.56. The van der Waals surface area contributed by atoms with Crippen LogP contribution in [0, 0.1) is 0 Å². The average molecular weight is 210 g/mol. The number of H-pyrrole nitrogens is 1. The van der Waals surface area contributed by atoms with Gasteiger partial charge in [-0.25, -0.2) is 4.98 Å². The van der Waals surface area contributed by atoms with Crippen LogP contribution in [-0.4, -0.2) is 29.2 Å². The minimum atomic E-state index is -0.358. The van der Waals surface area contributed by atoms with E-state index in [-0.39, 0.29) is 23.2 Å². The summed E-state index contributed by atoms with van der Waals surface area (Å²) in [6.07, 6.45) is 3.37. The van der Waals surface area contributed by atoms with E-state index in [4.69, 9.17) is 10.5 Å². The Morgan fingerprint density at radius 1 is 1.60 bits per heavy atom. The van der Waals surface area contributed by atoms with E-state index < -0.39 is 0 Å². The molecule has 2 rings (SSSR count). The van der Waals surface area contributed by atoms with E-state index in [1.54, 1.807) is 0 Å². The van der Waals surface area contributed by atoms with E-state index in [2.05, 4.69) is 15.3 Å². The number of aromatic amines is 1. The summed E-state index contributed by atoms with van der Waals surface area (Å²) in [7, 11) is 0. The lowest BCUT2D eigenvalue weighted by Gasteiger charge is -2.23. The van der Waals surface area contributed by atoms with Crippen molar-refractivity contribution in [3.8, 4) is 5.88 Å². The van der Waals surface area contributed by atoms with Gasteiger partial charge in [-0.3, -0.25) is 4.79 Å². The van der Waals surface area contributed by atoms with Gasteiger partial charge in [0.1, 0.15) is 6.10 Å². The van der Waals surface area contributed by atoms with E-state index in [0.717, 1.165) is 25.9 Å². The molecule has 1 aliphatic rings. The smallest absolute Gasteiger partial charge is 0.277 e. The molecule has 1 aromatic rings. The third-order valence-electron chi connectivity index (χ3n) is 2.38. The average Bonchev–Trinajstić information content (AvgIpc) is 2.26. The molecule has 1 fully saturated rings. The van der Waals surface area contributed by atoms with E-state index in [1.165, 1.54) is 6.33 Å². The van der Waals surface area contributed by atoms with Crippen molar-refractivity contribution in [2.45, 2.75) is 18.9 Å². The SMILES string of the molecule is Nc1c(OC2CCCNC2)nc[nH]c1=O. The van der Waals surface area contributed by atoms with Gasteiger partial charge in [-0.05, 0) is 19.4 Å². The molecule has 0 amide bonds. The maximum atomic E-state index is 11.2. The van der Waals surface area contributed by atoms with E-state index in [9.17, 15) is 4.79 Å². The molecule has 4 N–H and O–H groups in total. The first kappa shape index (κ1) is 9.97. The number of piperidine rings is 1. The molecule has 6 nitrogen and oxygen atoms in total. The third-order valence-corrected chi connectivity index (χ3v) is 2.38. The minimum Gasteiger partial charge on any atom is -0.471 e. The van der Waals surface area contributed by atoms with Crippen molar-refractivity contribution >= 4 is 5.69 Å². The van der Waals surface area contributed by atoms with Crippen LogP contribution in [0.2, 0.25) is 0 Å². The number of aromatic nitrogens is 2. The molecule has 0 bridgehead atoms. The van der Waals surface area contributed by atoms with Crippen LogP contribution in [0.25, 0.3) is 0 Å². The van der Waals surface area contributed by atoms with Crippen molar-refractivity contribution in [3.63, 3.8) is 0 Å². The fourth-order valence-corrected chi connectivity index (χ4v) is 1.57. The maximum absolute atomic E-state index is 11.2. The van der Waals surface area contributed by atoms with Crippen molar-refractivity contribution in [2.75, 3.05) is 18.8 Å². The van der Waals surface area contributed by atoms with E-state index in [0.29, 0.717) is 0 Å². The molecular weight excluding hydrogens is 196 g/mol. The van der Waals surface area contributed by atoms with Crippen LogP contribution in [0.15, 0.2) is 11.1 Å². The first-order valence-corrected chi connectivity index (χ1v) is 4.98. The lowest BCUT2D eigenvalue weighted by molar-refractivity contribution is 0.161. The topological polar surface area (TPSA) is 93.0 Å². The Kier molecular flexibility index (Phi) is 2.86. The second-order valence-corrected chi connectivity index (χ2v) is 3.54. The second-order valence-electron chi connectivity index (χ2n) is 3.54. The number of nitrogens with two attached hydrogens (primary N) is 1. The number of rotatable bonds is 2. The fraction of sp³-hybridized carbons (Fsp3) is 0.556. The van der Waals surface area contributed by atoms with Gasteiger partial charge in [0.15, 0.2) is 5.69 Å². The van der Waals surface area contributed by atoms with Crippen LogP contribution >= 0.6 is 0 Å². The Morgan fingerprint density at radius 2 is 2.47 bits per heavy atom. The molecule has 1 saturated heterocycles. The molecule has 1 aliphatic heterocycles. The van der Waals surface area contributed by atoms with Gasteiger partial charge in [-0.2, -0.15) is 0 Å². The summed E-state index contributed by atoms with van der Waals surface area (Å²) in [6.45, 7) is 1.78. The fourth-order valence-electron chi connectivity index (χ4n) is 1.57. The monoisotopic (exact) mass is 210 g/mol. The molecule has 2 heterocycles. The highest BCUT2D eigenvalue weighted by Crippen LogP contribution is 2.15. The predicted octanol–water partition coefficient (Wildman–Crippen LogP) is -0.517. The van der Waals surface area contributed by atoms with Gasteiger partial charge in [-0.1, -0.05) is 0 Å². The molecule has 1 atom stereocenters. The standard InChI is InChI=1S/C9H14N4O2/c10-7-8(14)12-5-13-9(7)15-6-2-1-3-11-4-6/h5-6,11H,1-4,10H2,(H,12,13,14). The number of hydrogen-bond donors (Lipinski definition) is 3. The highest BCUT2D eigenvalue weighted by atomic mass is 16.5. The Labute approximate surface area is 86.9 Å². The summed E-state index contributed by atoms with van der Waals surface area (Å²) >= 11 is 0. The molecule has 0 saturated carbocycles. The zero-order valence-electron chi connectivity index (χ0n) is 8.32. The Balaban J connectivity index is 2.09. The molecule has 1 unspecified atom stereocenters. The van der Waals surface area contributed by atoms with Crippen molar-refractivity contribution in [2.24, 2.45) is 0 Å². The van der Waals surface area contributed by atoms with E-state index in [1.807, 2.05) is 0 Å². The van der Waals surface area contributed by atoms with Gasteiger partial charge in [0.2, 0.25) is 5.88 Å². The lowest BCUT2D eigenvalue weighted by atomic mass is 10.1. The molecule has 0 aromatic carbocycles. The third kappa shape index (κ3) is 2.27. The Morgan fingerprint density at radius 3 is 3.20 bits per heavy atom. The van der Waals surface area contributed by atoms with Gasteiger partial charge in [0, 0.05) is 6.54 Å². The van der Waals surface area contributed by atoms with Crippen LogP contribution in [0.4, 0.5) is 5.69 Å². The summed E-state index contributed by atoms with van der Waals surface area (Å²) < 4.78 is 5.55. The van der Waals surface area contributed by atoms with Gasteiger partial charge in [-0.15, -0.1) is 0 Å². The van der Waals surface area contributed by atoms with Gasteiger partial charge in [0.25, 0.3) is 5.56 Å². The van der Waals surface area contributed by atoms with Crippen LogP contribution in [-0.2, 0) is 0 Å². The number of hydrogen-bond acceptors (Lipinski definition) is 5. The van der Waals surface area contributed by atoms with Crippen molar-refractivity contribution in [1.29, 1.82) is 0 Å². The van der Waals surface area contributed by atoms with Gasteiger partial charge < -0.3 is 20.8 Å². The number of nitrogens with zero attached hydrogens (tertiary/aromatic N) is 1. The first-order valence-electron chi connectivity index (χ1n) is 4.98. The van der Waals surface area contributed by atoms with Gasteiger partial charge in [0.05, 0.1) is 6.33 Å². The summed E-state index contributed by atoms with van der Waals surface area (Å²) in [5.41, 5.74) is 5.23. The largest absolute Gasteiger partial charge is 0.471 e. The minimum absolute atomic E-state index is 0.0445. The van der Waals surface area contributed by atoms with E-state index >= 15 is 0 Å². The van der Waals surface area contributed by atoms with Gasteiger partial charge >= 0.3 is 0 Å². The summed E-state index contributed by atoms with van der Waals surface area (Å²) in [6, 6.07) is 0. The van der Waals surface area contributed by atoms with Crippen LogP contribution in [0.5, 0.6) is 5.88 Å². The predicted molar refractivity (Wildman–Crippen MR) is 55.8 cm³/mol. The summed E-state index contributed by atoms with van der Waals surface area (Å²) in [5, 5.41) is 3.21. The molecule has 0 radical (unpaired) electrons. The summed E-state index contributed by atoms with van der Waals surface area (Å²) in [5.74, 6) is 0.229.